The number of hydrogen-bond acceptors (Lipinski definition) is 5. The molecule has 3 rings (SSSR count). The molecule has 1 aliphatic heterocycles. The van der Waals surface area contributed by atoms with Crippen LogP contribution < -0.4 is 14.8 Å². The summed E-state index contributed by atoms with van der Waals surface area (Å²) in [4.78, 5) is 17.7. The molecule has 2 atom stereocenters. The molecule has 2 N–H and O–H groups in total. The molecule has 0 aliphatic carbocycles. The maximum absolute atomic E-state index is 13.0. The highest BCUT2D eigenvalue weighted by Crippen LogP contribution is 2.25. The van der Waals surface area contributed by atoms with Gasteiger partial charge in [0.15, 0.2) is 0 Å². The van der Waals surface area contributed by atoms with Crippen LogP contribution in [0.1, 0.15) is 31.4 Å². The van der Waals surface area contributed by atoms with Gasteiger partial charge in [-0.3, -0.25) is 14.5 Å². The van der Waals surface area contributed by atoms with Crippen LogP contribution in [0.4, 0.5) is 0 Å². The number of methoxy groups -OCH3 is 1. The summed E-state index contributed by atoms with van der Waals surface area (Å²) >= 11 is 3.42. The van der Waals surface area contributed by atoms with Gasteiger partial charge in [0.2, 0.25) is 5.91 Å². The Morgan fingerprint density at radius 3 is 2.70 bits per heavy atom. The predicted octanol–water partition coefficient (Wildman–Crippen LogP) is 3.23. The molecular formula is C21H24BrN3O4S. The Kier molecular flexibility index (Phi) is 6.82. The van der Waals surface area contributed by atoms with E-state index in [0.29, 0.717) is 17.7 Å². The molecule has 2 aromatic rings. The molecular weight excluding hydrogens is 470 g/mol. The van der Waals surface area contributed by atoms with Gasteiger partial charge in [0.1, 0.15) is 17.6 Å². The van der Waals surface area contributed by atoms with Gasteiger partial charge >= 0.3 is 0 Å². The van der Waals surface area contributed by atoms with E-state index in [1.807, 2.05) is 32.0 Å². The van der Waals surface area contributed by atoms with Crippen LogP contribution in [-0.4, -0.2) is 33.3 Å². The third-order valence-electron chi connectivity index (χ3n) is 5.08. The fraction of sp³-hybridized carbons (Fsp3) is 0.333. The van der Waals surface area contributed by atoms with E-state index in [1.54, 1.807) is 25.3 Å². The van der Waals surface area contributed by atoms with Gasteiger partial charge in [-0.05, 0) is 36.2 Å². The summed E-state index contributed by atoms with van der Waals surface area (Å²) in [6.45, 7) is 4.15. The minimum absolute atomic E-state index is 0.0841. The molecule has 0 saturated carbocycles. The summed E-state index contributed by atoms with van der Waals surface area (Å²) in [5, 5.41) is 2.91. The van der Waals surface area contributed by atoms with Crippen LogP contribution in [0.2, 0.25) is 0 Å². The Bertz CT molecular complexity index is 1090. The maximum atomic E-state index is 13.0. The number of fused-ring (bicyclic) bond motifs is 1. The number of aliphatic imine (C=N–C) groups is 1. The lowest BCUT2D eigenvalue weighted by Crippen LogP contribution is -2.39. The second kappa shape index (κ2) is 9.18. The van der Waals surface area contributed by atoms with Crippen LogP contribution in [-0.2, 0) is 21.4 Å². The van der Waals surface area contributed by atoms with Crippen molar-refractivity contribution < 1.29 is 17.9 Å². The van der Waals surface area contributed by atoms with Crippen LogP contribution in [0.5, 0.6) is 5.75 Å². The highest BCUT2D eigenvalue weighted by molar-refractivity contribution is 9.10. The minimum Gasteiger partial charge on any atom is -0.496 e. The molecule has 0 unspecified atom stereocenters. The van der Waals surface area contributed by atoms with Gasteiger partial charge in [0.05, 0.1) is 12.0 Å². The number of rotatable bonds is 7. The van der Waals surface area contributed by atoms with E-state index in [0.717, 1.165) is 10.0 Å². The van der Waals surface area contributed by atoms with Crippen molar-refractivity contribution in [3.05, 3.63) is 58.1 Å². The van der Waals surface area contributed by atoms with Gasteiger partial charge in [-0.15, -0.1) is 0 Å². The van der Waals surface area contributed by atoms with Crippen molar-refractivity contribution >= 4 is 37.7 Å². The summed E-state index contributed by atoms with van der Waals surface area (Å²) in [5.41, 5.74) is 1.30. The van der Waals surface area contributed by atoms with E-state index < -0.39 is 16.1 Å². The number of amides is 1. The van der Waals surface area contributed by atoms with Crippen LogP contribution >= 0.6 is 15.9 Å². The first-order valence-corrected chi connectivity index (χ1v) is 11.8. The lowest BCUT2D eigenvalue weighted by Gasteiger charge is -2.20. The molecule has 0 spiro atoms. The molecule has 9 heteroatoms. The Labute approximate surface area is 185 Å². The van der Waals surface area contributed by atoms with E-state index in [2.05, 4.69) is 31.0 Å². The molecule has 0 saturated heterocycles. The number of nitrogens with one attached hydrogen (secondary N) is 2. The van der Waals surface area contributed by atoms with Gasteiger partial charge in [-0.25, -0.2) is 8.42 Å². The second-order valence-corrected chi connectivity index (χ2v) is 9.65. The molecule has 1 amide bonds. The molecule has 160 valence electrons. The Hall–Kier alpha value is -2.39. The smallest absolute Gasteiger partial charge is 0.263 e. The molecule has 2 aromatic carbocycles. The van der Waals surface area contributed by atoms with Crippen LogP contribution in [0, 0.1) is 5.92 Å². The van der Waals surface area contributed by atoms with Crippen molar-refractivity contribution in [1.82, 2.24) is 10.0 Å². The zero-order chi connectivity index (χ0) is 21.9. The molecule has 0 fully saturated rings. The van der Waals surface area contributed by atoms with Crippen LogP contribution in [0.15, 0.2) is 56.8 Å². The van der Waals surface area contributed by atoms with Crippen LogP contribution in [0.3, 0.4) is 0 Å². The predicted molar refractivity (Wildman–Crippen MR) is 119 cm³/mol. The van der Waals surface area contributed by atoms with Crippen molar-refractivity contribution in [1.29, 1.82) is 0 Å². The fourth-order valence-electron chi connectivity index (χ4n) is 3.21. The molecule has 7 nitrogen and oxygen atoms in total. The highest BCUT2D eigenvalue weighted by Gasteiger charge is 2.33. The molecule has 30 heavy (non-hydrogen) atoms. The van der Waals surface area contributed by atoms with Gasteiger partial charge < -0.3 is 10.1 Å². The van der Waals surface area contributed by atoms with Crippen molar-refractivity contribution in [2.75, 3.05) is 7.11 Å². The largest absolute Gasteiger partial charge is 0.496 e. The summed E-state index contributed by atoms with van der Waals surface area (Å²) in [6, 6.07) is 11.4. The van der Waals surface area contributed by atoms with Gasteiger partial charge in [-0.1, -0.05) is 48.3 Å². The van der Waals surface area contributed by atoms with Crippen molar-refractivity contribution in [3.8, 4) is 5.75 Å². The van der Waals surface area contributed by atoms with Crippen molar-refractivity contribution in [2.24, 2.45) is 10.9 Å². The number of hydrogen-bond donors (Lipinski definition) is 2. The fourth-order valence-corrected chi connectivity index (χ4v) is 4.86. The lowest BCUT2D eigenvalue weighted by atomic mass is 9.98. The molecule has 1 aliphatic rings. The molecule has 0 radical (unpaired) electrons. The van der Waals surface area contributed by atoms with E-state index in [4.69, 9.17) is 4.74 Å². The second-order valence-electron chi connectivity index (χ2n) is 7.08. The van der Waals surface area contributed by atoms with Crippen molar-refractivity contribution in [3.63, 3.8) is 0 Å². The number of benzene rings is 2. The first kappa shape index (κ1) is 22.3. The van der Waals surface area contributed by atoms with Gasteiger partial charge in [0, 0.05) is 22.1 Å². The summed E-state index contributed by atoms with van der Waals surface area (Å²) < 4.78 is 33.4. The first-order valence-electron chi connectivity index (χ1n) is 9.57. The summed E-state index contributed by atoms with van der Waals surface area (Å²) in [7, 11) is -2.09. The SMILES string of the molecule is CC[C@H](C)[C@H](N=C1NS(=O)(=O)c2ccccc21)C(=O)NCc1cc(Br)ccc1OC. The Morgan fingerprint density at radius 2 is 2.00 bits per heavy atom. The average Bonchev–Trinajstić information content (AvgIpc) is 3.00. The standard InChI is InChI=1S/C21H24BrN3O4S/c1-4-13(2)19(21(26)23-12-14-11-15(22)9-10-17(14)29-3)24-20-16-7-5-6-8-18(16)30(27,28)25-20/h5-11,13,19H,4,12H2,1-3H3,(H,23,26)(H,24,25)/t13-,19-/m0/s1. The molecule has 1 heterocycles. The quantitative estimate of drug-likeness (QED) is 0.618. The summed E-state index contributed by atoms with van der Waals surface area (Å²) in [5.74, 6) is 0.509. The number of carbonyl (C=O) groups is 1. The Balaban J connectivity index is 1.86. The molecule has 0 bridgehead atoms. The number of amidine groups is 1. The van der Waals surface area contributed by atoms with E-state index >= 15 is 0 Å². The summed E-state index contributed by atoms with van der Waals surface area (Å²) in [6.07, 6.45) is 0.712. The molecule has 0 aromatic heterocycles. The Morgan fingerprint density at radius 1 is 1.27 bits per heavy atom. The van der Waals surface area contributed by atoms with Gasteiger partial charge in [-0.2, -0.15) is 0 Å². The van der Waals surface area contributed by atoms with Crippen molar-refractivity contribution in [2.45, 2.75) is 37.8 Å². The maximum Gasteiger partial charge on any atom is 0.263 e. The first-order chi connectivity index (χ1) is 14.3. The van der Waals surface area contributed by atoms with Gasteiger partial charge in [0.25, 0.3) is 10.0 Å². The van der Waals surface area contributed by atoms with Crippen LogP contribution in [0.25, 0.3) is 0 Å². The zero-order valence-electron chi connectivity index (χ0n) is 17.0. The number of ether oxygens (including phenoxy) is 1. The minimum atomic E-state index is -3.66. The average molecular weight is 494 g/mol. The number of sulfonamides is 1. The zero-order valence-corrected chi connectivity index (χ0v) is 19.4. The topological polar surface area (TPSA) is 96.9 Å². The number of carbonyl (C=O) groups excluding carboxylic acids is 1. The lowest BCUT2D eigenvalue weighted by molar-refractivity contribution is -0.123. The van der Waals surface area contributed by atoms with E-state index in [1.165, 1.54) is 6.07 Å². The monoisotopic (exact) mass is 493 g/mol. The van der Waals surface area contributed by atoms with E-state index in [-0.39, 0.29) is 29.1 Å². The number of nitrogens with zero attached hydrogens (tertiary/aromatic N) is 1. The third kappa shape index (κ3) is 4.67. The number of halogens is 1. The van der Waals surface area contributed by atoms with E-state index in [9.17, 15) is 13.2 Å². The normalized spacial score (nSPS) is 17.7. The third-order valence-corrected chi connectivity index (χ3v) is 6.97. The highest BCUT2D eigenvalue weighted by atomic mass is 79.9.